The second-order valence-corrected chi connectivity index (χ2v) is 5.89. The molecule has 2 aromatic rings. The van der Waals surface area contributed by atoms with Crippen LogP contribution in [0, 0.1) is 6.92 Å². The molecule has 0 atom stereocenters. The molecule has 5 nitrogen and oxygen atoms in total. The van der Waals surface area contributed by atoms with E-state index in [1.165, 1.54) is 6.33 Å². The van der Waals surface area contributed by atoms with Crippen LogP contribution in [0.3, 0.4) is 0 Å². The summed E-state index contributed by atoms with van der Waals surface area (Å²) in [5.41, 5.74) is 2.26. The molecule has 2 heterocycles. The first-order valence-electron chi connectivity index (χ1n) is 7.90. The van der Waals surface area contributed by atoms with Gasteiger partial charge >= 0.3 is 0 Å². The fraction of sp³-hybridized carbons (Fsp3) is 0.389. The fourth-order valence-electron chi connectivity index (χ4n) is 3.07. The number of carbonyl (C=O) groups is 1. The van der Waals surface area contributed by atoms with Gasteiger partial charge < -0.3 is 10.1 Å². The smallest absolute Gasteiger partial charge is 0.231 e. The van der Waals surface area contributed by atoms with Crippen LogP contribution < -0.4 is 5.32 Å². The van der Waals surface area contributed by atoms with Gasteiger partial charge in [-0.15, -0.1) is 0 Å². The molecule has 1 aliphatic heterocycles. The number of carbonyl (C=O) groups excluding carboxylic acids is 1. The molecule has 1 N–H and O–H groups in total. The van der Waals surface area contributed by atoms with Gasteiger partial charge in [0.2, 0.25) is 5.91 Å². The number of hydrogen-bond acceptors (Lipinski definition) is 4. The minimum Gasteiger partial charge on any atom is -0.381 e. The van der Waals surface area contributed by atoms with E-state index in [1.807, 2.05) is 43.3 Å². The van der Waals surface area contributed by atoms with Crippen molar-refractivity contribution < 1.29 is 9.53 Å². The van der Waals surface area contributed by atoms with E-state index in [0.29, 0.717) is 32.6 Å². The minimum atomic E-state index is -0.512. The third-order valence-electron chi connectivity index (χ3n) is 4.40. The number of ether oxygens (including phenoxy) is 1. The lowest BCUT2D eigenvalue weighted by molar-refractivity contribution is -0.130. The van der Waals surface area contributed by atoms with Crippen molar-refractivity contribution in [2.75, 3.05) is 13.2 Å². The molecule has 0 unspecified atom stereocenters. The van der Waals surface area contributed by atoms with Crippen LogP contribution in [0.2, 0.25) is 0 Å². The van der Waals surface area contributed by atoms with Crippen LogP contribution in [-0.4, -0.2) is 29.1 Å². The molecule has 5 heteroatoms. The summed E-state index contributed by atoms with van der Waals surface area (Å²) < 4.78 is 5.47. The average Bonchev–Trinajstić information content (AvgIpc) is 2.61. The molecule has 0 radical (unpaired) electrons. The number of benzene rings is 1. The van der Waals surface area contributed by atoms with Gasteiger partial charge in [0.15, 0.2) is 0 Å². The van der Waals surface area contributed by atoms with Gasteiger partial charge in [0.1, 0.15) is 6.33 Å². The maximum atomic E-state index is 13.0. The molecule has 0 bridgehead atoms. The molecule has 1 aromatic carbocycles. The molecular weight excluding hydrogens is 290 g/mol. The molecule has 120 valence electrons. The van der Waals surface area contributed by atoms with Crippen molar-refractivity contribution >= 4 is 5.91 Å². The van der Waals surface area contributed by atoms with E-state index in [4.69, 9.17) is 4.74 Å². The predicted octanol–water partition coefficient (Wildman–Crippen LogP) is 2.15. The lowest BCUT2D eigenvalue weighted by Gasteiger charge is -2.36. The Morgan fingerprint density at radius 2 is 1.96 bits per heavy atom. The van der Waals surface area contributed by atoms with Crippen LogP contribution in [0.15, 0.2) is 42.7 Å². The average molecular weight is 311 g/mol. The molecular formula is C18H21N3O2. The van der Waals surface area contributed by atoms with Gasteiger partial charge in [-0.3, -0.25) is 4.79 Å². The first-order valence-corrected chi connectivity index (χ1v) is 7.90. The molecule has 1 saturated heterocycles. The summed E-state index contributed by atoms with van der Waals surface area (Å²) in [6.45, 7) is 3.54. The first-order chi connectivity index (χ1) is 11.2. The van der Waals surface area contributed by atoms with Crippen molar-refractivity contribution in [3.8, 4) is 0 Å². The van der Waals surface area contributed by atoms with Crippen LogP contribution in [0.25, 0.3) is 0 Å². The van der Waals surface area contributed by atoms with Crippen LogP contribution >= 0.6 is 0 Å². The van der Waals surface area contributed by atoms with Gasteiger partial charge in [0, 0.05) is 18.9 Å². The SMILES string of the molecule is Cc1cc(CNC(=O)C2(c3ccccc3)CCOCC2)ncn1. The number of aryl methyl sites for hydroxylation is 1. The Kier molecular flexibility index (Phi) is 4.67. The fourth-order valence-corrected chi connectivity index (χ4v) is 3.07. The normalized spacial score (nSPS) is 16.7. The molecule has 1 aliphatic rings. The highest BCUT2D eigenvalue weighted by molar-refractivity contribution is 5.88. The molecule has 1 aromatic heterocycles. The zero-order valence-electron chi connectivity index (χ0n) is 13.3. The highest BCUT2D eigenvalue weighted by Gasteiger charge is 2.41. The number of rotatable bonds is 4. The van der Waals surface area contributed by atoms with E-state index in [1.54, 1.807) is 0 Å². The van der Waals surface area contributed by atoms with E-state index in [2.05, 4.69) is 15.3 Å². The Bertz CT molecular complexity index is 667. The molecule has 3 rings (SSSR count). The minimum absolute atomic E-state index is 0.0447. The predicted molar refractivity (Wildman–Crippen MR) is 86.8 cm³/mol. The standard InChI is InChI=1S/C18H21N3O2/c1-14-11-16(21-13-20-14)12-19-17(22)18(7-9-23-10-8-18)15-5-3-2-4-6-15/h2-6,11,13H,7-10,12H2,1H3,(H,19,22). The lowest BCUT2D eigenvalue weighted by atomic mass is 9.73. The van der Waals surface area contributed by atoms with Crippen LogP contribution in [0.4, 0.5) is 0 Å². The van der Waals surface area contributed by atoms with Crippen LogP contribution in [-0.2, 0) is 21.5 Å². The van der Waals surface area contributed by atoms with Crippen molar-refractivity contribution in [2.24, 2.45) is 0 Å². The number of nitrogens with zero attached hydrogens (tertiary/aromatic N) is 2. The van der Waals surface area contributed by atoms with Gasteiger partial charge in [0.25, 0.3) is 0 Å². The van der Waals surface area contributed by atoms with E-state index in [9.17, 15) is 4.79 Å². The van der Waals surface area contributed by atoms with Crippen molar-refractivity contribution in [3.05, 3.63) is 59.7 Å². The summed E-state index contributed by atoms with van der Waals surface area (Å²) in [5.74, 6) is 0.0447. The largest absolute Gasteiger partial charge is 0.381 e. The number of nitrogens with one attached hydrogen (secondary N) is 1. The van der Waals surface area contributed by atoms with E-state index < -0.39 is 5.41 Å². The third kappa shape index (κ3) is 3.40. The maximum absolute atomic E-state index is 13.0. The van der Waals surface area contributed by atoms with Crippen LogP contribution in [0.5, 0.6) is 0 Å². The van der Waals surface area contributed by atoms with Gasteiger partial charge in [0.05, 0.1) is 17.7 Å². The Morgan fingerprint density at radius 3 is 2.65 bits per heavy atom. The van der Waals surface area contributed by atoms with Gasteiger partial charge in [-0.05, 0) is 31.4 Å². The summed E-state index contributed by atoms with van der Waals surface area (Å²) in [4.78, 5) is 21.2. The van der Waals surface area contributed by atoms with E-state index >= 15 is 0 Å². The van der Waals surface area contributed by atoms with Crippen LogP contribution in [0.1, 0.15) is 29.8 Å². The Labute approximate surface area is 136 Å². The maximum Gasteiger partial charge on any atom is 0.231 e. The third-order valence-corrected chi connectivity index (χ3v) is 4.40. The van der Waals surface area contributed by atoms with Crippen molar-refractivity contribution in [3.63, 3.8) is 0 Å². The Hall–Kier alpha value is -2.27. The highest BCUT2D eigenvalue weighted by atomic mass is 16.5. The van der Waals surface area contributed by atoms with Gasteiger partial charge in [-0.1, -0.05) is 30.3 Å². The first kappa shape index (κ1) is 15.6. The van der Waals surface area contributed by atoms with Crippen molar-refractivity contribution in [2.45, 2.75) is 31.7 Å². The van der Waals surface area contributed by atoms with Crippen molar-refractivity contribution in [1.82, 2.24) is 15.3 Å². The lowest BCUT2D eigenvalue weighted by Crippen LogP contribution is -2.47. The Balaban J connectivity index is 1.78. The molecule has 0 saturated carbocycles. The topological polar surface area (TPSA) is 64.1 Å². The summed E-state index contributed by atoms with van der Waals surface area (Å²) in [6.07, 6.45) is 2.93. The zero-order valence-corrected chi connectivity index (χ0v) is 13.3. The second-order valence-electron chi connectivity index (χ2n) is 5.89. The highest BCUT2D eigenvalue weighted by Crippen LogP contribution is 2.35. The van der Waals surface area contributed by atoms with E-state index in [-0.39, 0.29) is 5.91 Å². The summed E-state index contributed by atoms with van der Waals surface area (Å²) in [5, 5.41) is 3.05. The summed E-state index contributed by atoms with van der Waals surface area (Å²) in [6, 6.07) is 11.9. The van der Waals surface area contributed by atoms with Crippen molar-refractivity contribution in [1.29, 1.82) is 0 Å². The summed E-state index contributed by atoms with van der Waals surface area (Å²) >= 11 is 0. The monoisotopic (exact) mass is 311 g/mol. The zero-order chi connectivity index (χ0) is 16.1. The van der Waals surface area contributed by atoms with E-state index in [0.717, 1.165) is 17.0 Å². The molecule has 23 heavy (non-hydrogen) atoms. The molecule has 0 spiro atoms. The van der Waals surface area contributed by atoms with Gasteiger partial charge in [-0.2, -0.15) is 0 Å². The molecule has 1 fully saturated rings. The summed E-state index contributed by atoms with van der Waals surface area (Å²) in [7, 11) is 0. The number of amides is 1. The molecule has 0 aliphatic carbocycles. The second kappa shape index (κ2) is 6.87. The number of hydrogen-bond donors (Lipinski definition) is 1. The van der Waals surface area contributed by atoms with Gasteiger partial charge in [-0.25, -0.2) is 9.97 Å². The quantitative estimate of drug-likeness (QED) is 0.939. The Morgan fingerprint density at radius 1 is 1.22 bits per heavy atom. The number of aromatic nitrogens is 2. The molecule has 1 amide bonds.